The second-order valence-electron chi connectivity index (χ2n) is 9.30. The standard InChI is InChI=1S/C25H32BN3O4S/c1-16-13-19(7-8-20(16)25(33)28-11-3-2-5-18(28)6-4-12-30)29-15-17(14-23(29)31)27-24(32)21-9-10-22(26)34-21/h7-10,13,17-18,30H,2-6,11-12,14-15,26H2,1H3,(H,27,32). The number of carbonyl (C=O) groups is 3. The van der Waals surface area contributed by atoms with Crippen LogP contribution in [0.25, 0.3) is 0 Å². The molecule has 2 fully saturated rings. The largest absolute Gasteiger partial charge is 0.396 e. The Morgan fingerprint density at radius 2 is 2.06 bits per heavy atom. The van der Waals surface area contributed by atoms with E-state index in [0.717, 1.165) is 48.3 Å². The predicted molar refractivity (Wildman–Crippen MR) is 137 cm³/mol. The number of aliphatic hydroxyl groups excluding tert-OH is 1. The van der Waals surface area contributed by atoms with E-state index in [1.165, 1.54) is 11.3 Å². The number of nitrogens with zero attached hydrogens (tertiary/aromatic N) is 2. The summed E-state index contributed by atoms with van der Waals surface area (Å²) in [6.07, 6.45) is 4.87. The lowest BCUT2D eigenvalue weighted by Gasteiger charge is -2.36. The highest BCUT2D eigenvalue weighted by atomic mass is 32.1. The van der Waals surface area contributed by atoms with Crippen molar-refractivity contribution in [1.82, 2.24) is 10.2 Å². The van der Waals surface area contributed by atoms with E-state index >= 15 is 0 Å². The number of hydrogen-bond acceptors (Lipinski definition) is 5. The fraction of sp³-hybridized carbons (Fsp3) is 0.480. The lowest BCUT2D eigenvalue weighted by Crippen LogP contribution is -2.44. The fourth-order valence-electron chi connectivity index (χ4n) is 4.97. The minimum atomic E-state index is -0.246. The third-order valence-electron chi connectivity index (χ3n) is 6.76. The summed E-state index contributed by atoms with van der Waals surface area (Å²) < 4.78 is 1.07. The number of aryl methyl sites for hydroxylation is 1. The van der Waals surface area contributed by atoms with Crippen LogP contribution in [-0.4, -0.2) is 67.4 Å². The molecule has 3 amide bonds. The lowest BCUT2D eigenvalue weighted by atomic mass is 9.96. The molecule has 0 spiro atoms. The summed E-state index contributed by atoms with van der Waals surface area (Å²) in [6, 6.07) is 9.19. The smallest absolute Gasteiger partial charge is 0.261 e. The summed E-state index contributed by atoms with van der Waals surface area (Å²) in [4.78, 5) is 42.8. The predicted octanol–water partition coefficient (Wildman–Crippen LogP) is 1.62. The number of amides is 3. The topological polar surface area (TPSA) is 90.0 Å². The Hall–Kier alpha value is -2.65. The maximum Gasteiger partial charge on any atom is 0.261 e. The molecule has 2 atom stereocenters. The molecule has 2 aliphatic heterocycles. The van der Waals surface area contributed by atoms with E-state index in [0.29, 0.717) is 23.4 Å². The van der Waals surface area contributed by atoms with Crippen molar-refractivity contribution in [1.29, 1.82) is 0 Å². The number of aliphatic hydroxyl groups is 1. The lowest BCUT2D eigenvalue weighted by molar-refractivity contribution is -0.117. The quantitative estimate of drug-likeness (QED) is 0.589. The maximum atomic E-state index is 13.3. The molecule has 180 valence electrons. The first-order chi connectivity index (χ1) is 16.4. The molecule has 1 aromatic carbocycles. The van der Waals surface area contributed by atoms with Crippen LogP contribution < -0.4 is 15.0 Å². The summed E-state index contributed by atoms with van der Waals surface area (Å²) in [7, 11) is 1.96. The second kappa shape index (κ2) is 10.7. The van der Waals surface area contributed by atoms with Gasteiger partial charge in [-0.1, -0.05) is 6.07 Å². The molecule has 1 aromatic heterocycles. The molecule has 0 bridgehead atoms. The number of piperidine rings is 1. The molecule has 2 aliphatic rings. The van der Waals surface area contributed by atoms with E-state index in [1.807, 2.05) is 43.9 Å². The first-order valence-electron chi connectivity index (χ1n) is 12.1. The van der Waals surface area contributed by atoms with Gasteiger partial charge in [0.05, 0.1) is 10.9 Å². The van der Waals surface area contributed by atoms with E-state index in [1.54, 1.807) is 11.0 Å². The Labute approximate surface area is 205 Å². The zero-order chi connectivity index (χ0) is 24.2. The molecule has 34 heavy (non-hydrogen) atoms. The zero-order valence-electron chi connectivity index (χ0n) is 19.9. The van der Waals surface area contributed by atoms with E-state index in [4.69, 9.17) is 0 Å². The number of rotatable bonds is 7. The van der Waals surface area contributed by atoms with Crippen molar-refractivity contribution >= 4 is 47.4 Å². The molecule has 7 nitrogen and oxygen atoms in total. The highest BCUT2D eigenvalue weighted by Gasteiger charge is 2.33. The van der Waals surface area contributed by atoms with Crippen LogP contribution in [0.4, 0.5) is 5.69 Å². The summed E-state index contributed by atoms with van der Waals surface area (Å²) in [5.41, 5.74) is 2.24. The van der Waals surface area contributed by atoms with Gasteiger partial charge in [0.1, 0.15) is 0 Å². The number of likely N-dealkylation sites (tertiary alicyclic amines) is 1. The number of carbonyl (C=O) groups excluding carboxylic acids is 3. The molecule has 0 aliphatic carbocycles. The summed E-state index contributed by atoms with van der Waals surface area (Å²) in [6.45, 7) is 3.20. The van der Waals surface area contributed by atoms with Gasteiger partial charge in [-0.3, -0.25) is 14.4 Å². The minimum Gasteiger partial charge on any atom is -0.396 e. The highest BCUT2D eigenvalue weighted by Crippen LogP contribution is 2.28. The molecule has 0 radical (unpaired) electrons. The zero-order valence-corrected chi connectivity index (χ0v) is 20.7. The van der Waals surface area contributed by atoms with Gasteiger partial charge in [0.2, 0.25) is 5.91 Å². The normalized spacial score (nSPS) is 20.6. The van der Waals surface area contributed by atoms with Crippen LogP contribution in [-0.2, 0) is 4.79 Å². The molecular formula is C25H32BN3O4S. The Morgan fingerprint density at radius 3 is 2.76 bits per heavy atom. The van der Waals surface area contributed by atoms with Crippen LogP contribution in [0.2, 0.25) is 0 Å². The Balaban J connectivity index is 1.43. The molecule has 3 heterocycles. The van der Waals surface area contributed by atoms with Crippen LogP contribution in [0, 0.1) is 6.92 Å². The Kier molecular flexibility index (Phi) is 7.73. The van der Waals surface area contributed by atoms with Gasteiger partial charge in [-0.15, -0.1) is 11.3 Å². The van der Waals surface area contributed by atoms with Crippen molar-refractivity contribution in [2.75, 3.05) is 24.6 Å². The SMILES string of the molecule is Bc1ccc(C(=O)NC2CC(=O)N(c3ccc(C(=O)N4CCCCC4CCCO)c(C)c3)C2)s1. The average Bonchev–Trinajstić information content (AvgIpc) is 3.42. The molecule has 2 saturated heterocycles. The van der Waals surface area contributed by atoms with Gasteiger partial charge in [0.15, 0.2) is 7.85 Å². The fourth-order valence-corrected chi connectivity index (χ4v) is 5.74. The molecule has 0 saturated carbocycles. The molecular weight excluding hydrogens is 449 g/mol. The van der Waals surface area contributed by atoms with Gasteiger partial charge < -0.3 is 20.2 Å². The summed E-state index contributed by atoms with van der Waals surface area (Å²) in [5.74, 6) is -0.158. The average molecular weight is 481 g/mol. The van der Waals surface area contributed by atoms with Gasteiger partial charge in [0, 0.05) is 43.4 Å². The van der Waals surface area contributed by atoms with Crippen LogP contribution >= 0.6 is 11.3 Å². The summed E-state index contributed by atoms with van der Waals surface area (Å²) in [5, 5.41) is 12.2. The van der Waals surface area contributed by atoms with Gasteiger partial charge in [-0.05, 0) is 73.6 Å². The van der Waals surface area contributed by atoms with Crippen LogP contribution in [0.3, 0.4) is 0 Å². The third-order valence-corrected chi connectivity index (χ3v) is 7.76. The number of thiophene rings is 1. The minimum absolute atomic E-state index is 0.0239. The number of hydrogen-bond donors (Lipinski definition) is 2. The van der Waals surface area contributed by atoms with E-state index in [2.05, 4.69) is 5.32 Å². The van der Waals surface area contributed by atoms with Crippen molar-refractivity contribution in [2.24, 2.45) is 0 Å². The van der Waals surface area contributed by atoms with Gasteiger partial charge in [0.25, 0.3) is 11.8 Å². The van der Waals surface area contributed by atoms with Crippen LogP contribution in [0.5, 0.6) is 0 Å². The van der Waals surface area contributed by atoms with Crippen molar-refractivity contribution in [3.63, 3.8) is 0 Å². The van der Waals surface area contributed by atoms with E-state index in [-0.39, 0.29) is 42.8 Å². The Bertz CT molecular complexity index is 1070. The van der Waals surface area contributed by atoms with E-state index in [9.17, 15) is 19.5 Å². The van der Waals surface area contributed by atoms with Crippen LogP contribution in [0.15, 0.2) is 30.3 Å². The van der Waals surface area contributed by atoms with Gasteiger partial charge in [-0.2, -0.15) is 0 Å². The Morgan fingerprint density at radius 1 is 1.24 bits per heavy atom. The molecule has 4 rings (SSSR count). The van der Waals surface area contributed by atoms with Crippen molar-refractivity contribution in [3.8, 4) is 0 Å². The monoisotopic (exact) mass is 481 g/mol. The molecule has 2 unspecified atom stereocenters. The molecule has 2 aromatic rings. The van der Waals surface area contributed by atoms with Crippen molar-refractivity contribution in [3.05, 3.63) is 46.3 Å². The highest BCUT2D eigenvalue weighted by molar-refractivity contribution is 7.21. The first-order valence-corrected chi connectivity index (χ1v) is 12.9. The molecule has 9 heteroatoms. The first kappa shape index (κ1) is 24.5. The van der Waals surface area contributed by atoms with Gasteiger partial charge in [-0.25, -0.2) is 0 Å². The van der Waals surface area contributed by atoms with Crippen LogP contribution in [0.1, 0.15) is 64.1 Å². The molecule has 2 N–H and O–H groups in total. The maximum absolute atomic E-state index is 13.3. The number of anilines is 1. The summed E-state index contributed by atoms with van der Waals surface area (Å²) >= 11 is 1.44. The second-order valence-corrected chi connectivity index (χ2v) is 10.6. The van der Waals surface area contributed by atoms with E-state index < -0.39 is 0 Å². The van der Waals surface area contributed by atoms with Crippen molar-refractivity contribution < 1.29 is 19.5 Å². The third kappa shape index (κ3) is 5.36. The van der Waals surface area contributed by atoms with Crippen molar-refractivity contribution in [2.45, 2.75) is 57.5 Å². The van der Waals surface area contributed by atoms with Gasteiger partial charge >= 0.3 is 0 Å². The number of benzene rings is 1. The number of nitrogens with one attached hydrogen (secondary N) is 1.